The highest BCUT2D eigenvalue weighted by molar-refractivity contribution is 5.96. The molecular weight excluding hydrogens is 470 g/mol. The number of hydrogen-bond donors (Lipinski definition) is 2. The summed E-state index contributed by atoms with van der Waals surface area (Å²) in [5.41, 5.74) is -1.70. The van der Waals surface area contributed by atoms with E-state index in [2.05, 4.69) is 15.3 Å². The number of ether oxygens (including phenoxy) is 1. The molecule has 0 aromatic carbocycles. The minimum absolute atomic E-state index is 0.0422. The Labute approximate surface area is 198 Å². The molecule has 4 rings (SSSR count). The van der Waals surface area contributed by atoms with Gasteiger partial charge in [-0.1, -0.05) is 0 Å². The zero-order chi connectivity index (χ0) is 25.5. The first-order valence-corrected chi connectivity index (χ1v) is 10.8. The van der Waals surface area contributed by atoms with Crippen molar-refractivity contribution in [1.82, 2.24) is 24.8 Å². The summed E-state index contributed by atoms with van der Waals surface area (Å²) in [6, 6.07) is 3.05. The van der Waals surface area contributed by atoms with Crippen LogP contribution >= 0.6 is 0 Å². The molecule has 0 unspecified atom stereocenters. The van der Waals surface area contributed by atoms with E-state index in [4.69, 9.17) is 4.74 Å². The molecule has 0 spiro atoms. The topological polar surface area (TPSA) is 92.5 Å². The number of aliphatic hydroxyl groups is 1. The predicted octanol–water partition coefficient (Wildman–Crippen LogP) is 2.78. The molecule has 3 aromatic rings. The van der Waals surface area contributed by atoms with Crippen LogP contribution in [0, 0.1) is 5.82 Å². The van der Waals surface area contributed by atoms with Crippen LogP contribution in [0.15, 0.2) is 36.8 Å². The zero-order valence-corrected chi connectivity index (χ0v) is 19.3. The molecule has 8 nitrogen and oxygen atoms in total. The van der Waals surface area contributed by atoms with Crippen LogP contribution in [0.2, 0.25) is 0 Å². The van der Waals surface area contributed by atoms with Gasteiger partial charge in [-0.05, 0) is 32.0 Å². The highest BCUT2D eigenvalue weighted by Crippen LogP contribution is 2.30. The number of likely N-dealkylation sites (tertiary alicyclic amines) is 1. The van der Waals surface area contributed by atoms with Crippen molar-refractivity contribution in [2.24, 2.45) is 0 Å². The maximum Gasteiger partial charge on any atom is 0.417 e. The van der Waals surface area contributed by atoms with E-state index >= 15 is 0 Å². The molecule has 12 heteroatoms. The highest BCUT2D eigenvalue weighted by atomic mass is 19.4. The van der Waals surface area contributed by atoms with E-state index in [-0.39, 0.29) is 23.7 Å². The molecule has 0 radical (unpaired) electrons. The Balaban J connectivity index is 1.58. The lowest BCUT2D eigenvalue weighted by atomic mass is 10.1. The van der Waals surface area contributed by atoms with E-state index in [0.717, 1.165) is 0 Å². The van der Waals surface area contributed by atoms with Gasteiger partial charge in [-0.2, -0.15) is 13.2 Å². The van der Waals surface area contributed by atoms with Gasteiger partial charge in [0.15, 0.2) is 11.6 Å². The molecule has 1 aliphatic heterocycles. The van der Waals surface area contributed by atoms with Gasteiger partial charge in [-0.15, -0.1) is 0 Å². The number of pyridine rings is 2. The van der Waals surface area contributed by atoms with Gasteiger partial charge in [0.2, 0.25) is 0 Å². The molecule has 1 aliphatic rings. The maximum atomic E-state index is 14.5. The minimum atomic E-state index is -4.72. The summed E-state index contributed by atoms with van der Waals surface area (Å²) in [7, 11) is 1.54. The number of methoxy groups -OCH3 is 1. The molecule has 35 heavy (non-hydrogen) atoms. The largest absolute Gasteiger partial charge is 0.417 e. The standard InChI is InChI=1S/C23H25F4N5O3/c1-22(2,34)12-31-10-17(19(11-31)35-3)30-21(33)16-7-18-13(8-28-16)4-5-32(18)20-15(24)6-14(9-29-20)23(25,26)27/h4-9,17,19,34H,10-12H2,1-3H3,(H,30,33)/t17-,19-/m1/s1. The first-order valence-electron chi connectivity index (χ1n) is 10.8. The highest BCUT2D eigenvalue weighted by Gasteiger charge is 2.36. The third-order valence-electron chi connectivity index (χ3n) is 5.76. The third-order valence-corrected chi connectivity index (χ3v) is 5.76. The van der Waals surface area contributed by atoms with Gasteiger partial charge >= 0.3 is 6.18 Å². The molecule has 2 atom stereocenters. The third kappa shape index (κ3) is 5.44. The summed E-state index contributed by atoms with van der Waals surface area (Å²) in [6.45, 7) is 4.79. The van der Waals surface area contributed by atoms with Crippen LogP contribution in [0.5, 0.6) is 0 Å². The van der Waals surface area contributed by atoms with E-state index in [0.29, 0.717) is 42.8 Å². The molecular formula is C23H25F4N5O3. The predicted molar refractivity (Wildman–Crippen MR) is 119 cm³/mol. The SMILES string of the molecule is CO[C@@H]1CN(CC(C)(C)O)C[C@H]1NC(=O)c1cc2c(ccn2-c2ncc(C(F)(F)F)cc2F)cn1. The molecule has 2 N–H and O–H groups in total. The Morgan fingerprint density at radius 2 is 1.97 bits per heavy atom. The first-order chi connectivity index (χ1) is 16.4. The fourth-order valence-electron chi connectivity index (χ4n) is 4.25. The van der Waals surface area contributed by atoms with Gasteiger partial charge in [0.25, 0.3) is 5.91 Å². The summed E-state index contributed by atoms with van der Waals surface area (Å²) in [5, 5.41) is 13.5. The van der Waals surface area contributed by atoms with Crippen LogP contribution in [0.4, 0.5) is 17.6 Å². The molecule has 0 bridgehead atoms. The number of hydrogen-bond acceptors (Lipinski definition) is 6. The summed E-state index contributed by atoms with van der Waals surface area (Å²) in [4.78, 5) is 22.8. The number of fused-ring (bicyclic) bond motifs is 1. The molecule has 188 valence electrons. The van der Waals surface area contributed by atoms with Crippen LogP contribution in [0.1, 0.15) is 29.9 Å². The van der Waals surface area contributed by atoms with Crippen LogP contribution < -0.4 is 5.32 Å². The monoisotopic (exact) mass is 495 g/mol. The van der Waals surface area contributed by atoms with E-state index in [9.17, 15) is 27.5 Å². The zero-order valence-electron chi connectivity index (χ0n) is 19.3. The van der Waals surface area contributed by atoms with Crippen molar-refractivity contribution in [3.63, 3.8) is 0 Å². The second-order valence-corrected chi connectivity index (χ2v) is 9.20. The van der Waals surface area contributed by atoms with Crippen LogP contribution in [0.3, 0.4) is 0 Å². The van der Waals surface area contributed by atoms with Crippen LogP contribution in [-0.4, -0.2) is 74.9 Å². The van der Waals surface area contributed by atoms with Crippen molar-refractivity contribution in [3.05, 3.63) is 53.9 Å². The van der Waals surface area contributed by atoms with Crippen molar-refractivity contribution in [2.45, 2.75) is 37.8 Å². The summed E-state index contributed by atoms with van der Waals surface area (Å²) in [5.74, 6) is -1.97. The number of alkyl halides is 3. The number of nitrogens with zero attached hydrogens (tertiary/aromatic N) is 4. The average Bonchev–Trinajstić information content (AvgIpc) is 3.34. The summed E-state index contributed by atoms with van der Waals surface area (Å²) < 4.78 is 59.9. The molecule has 3 aromatic heterocycles. The molecule has 1 amide bonds. The number of carbonyl (C=O) groups is 1. The maximum absolute atomic E-state index is 14.5. The van der Waals surface area contributed by atoms with Crippen LogP contribution in [0.25, 0.3) is 16.7 Å². The van der Waals surface area contributed by atoms with E-state index < -0.39 is 29.1 Å². The molecule has 1 fully saturated rings. The normalized spacial score (nSPS) is 19.4. The Kier molecular flexibility index (Phi) is 6.56. The van der Waals surface area contributed by atoms with E-state index in [1.165, 1.54) is 23.0 Å². The number of β-amino-alcohol motifs (C(OH)–C–C–N with tert-alkyl or cyclic N) is 1. The smallest absolute Gasteiger partial charge is 0.389 e. The Bertz CT molecular complexity index is 1240. The van der Waals surface area contributed by atoms with Crippen molar-refractivity contribution in [1.29, 1.82) is 0 Å². The van der Waals surface area contributed by atoms with E-state index in [1.807, 2.05) is 4.90 Å². The fraction of sp³-hybridized carbons (Fsp3) is 0.435. The minimum Gasteiger partial charge on any atom is -0.389 e. The lowest BCUT2D eigenvalue weighted by molar-refractivity contribution is -0.138. The number of nitrogens with one attached hydrogen (secondary N) is 1. The van der Waals surface area contributed by atoms with Gasteiger partial charge in [-0.3, -0.25) is 19.2 Å². The lowest BCUT2D eigenvalue weighted by Crippen LogP contribution is -2.44. The number of halogens is 4. The summed E-state index contributed by atoms with van der Waals surface area (Å²) in [6.07, 6.45) is -1.59. The van der Waals surface area contributed by atoms with Gasteiger partial charge in [-0.25, -0.2) is 9.37 Å². The molecule has 1 saturated heterocycles. The second kappa shape index (κ2) is 9.17. The summed E-state index contributed by atoms with van der Waals surface area (Å²) >= 11 is 0. The van der Waals surface area contributed by atoms with Gasteiger partial charge in [0.05, 0.1) is 28.8 Å². The quantitative estimate of drug-likeness (QED) is 0.511. The van der Waals surface area contributed by atoms with Crippen molar-refractivity contribution < 1.29 is 32.2 Å². The molecule has 4 heterocycles. The second-order valence-electron chi connectivity index (χ2n) is 9.20. The Hall–Kier alpha value is -3.09. The molecule has 0 aliphatic carbocycles. The fourth-order valence-corrected chi connectivity index (χ4v) is 4.25. The van der Waals surface area contributed by atoms with Gasteiger partial charge in [0, 0.05) is 50.7 Å². The first kappa shape index (κ1) is 25.0. The van der Waals surface area contributed by atoms with E-state index in [1.54, 1.807) is 27.0 Å². The van der Waals surface area contributed by atoms with Gasteiger partial charge in [0.1, 0.15) is 5.69 Å². The average molecular weight is 495 g/mol. The number of amides is 1. The molecule has 0 saturated carbocycles. The Morgan fingerprint density at radius 1 is 1.23 bits per heavy atom. The van der Waals surface area contributed by atoms with Crippen molar-refractivity contribution in [3.8, 4) is 5.82 Å². The van der Waals surface area contributed by atoms with Gasteiger partial charge < -0.3 is 15.2 Å². The number of aromatic nitrogens is 3. The van der Waals surface area contributed by atoms with Crippen molar-refractivity contribution >= 4 is 16.8 Å². The number of carbonyl (C=O) groups excluding carboxylic acids is 1. The van der Waals surface area contributed by atoms with Crippen LogP contribution in [-0.2, 0) is 10.9 Å². The lowest BCUT2D eigenvalue weighted by Gasteiger charge is -2.24. The number of rotatable bonds is 6. The Morgan fingerprint density at radius 3 is 2.60 bits per heavy atom. The van der Waals surface area contributed by atoms with Crippen molar-refractivity contribution in [2.75, 3.05) is 26.7 Å².